The van der Waals surface area contributed by atoms with Gasteiger partial charge in [0.05, 0.1) is 4.90 Å². The average molecular weight is 351 g/mol. The third kappa shape index (κ3) is 2.69. The SMILES string of the molecule is NS(=O)(=O)c1ccc2c(c1)/C(=C/c1cncc3ccccc13)C(=O)N2. The van der Waals surface area contributed by atoms with Crippen LogP contribution in [-0.2, 0) is 14.8 Å². The summed E-state index contributed by atoms with van der Waals surface area (Å²) < 4.78 is 23.2. The summed E-state index contributed by atoms with van der Waals surface area (Å²) in [7, 11) is -3.85. The van der Waals surface area contributed by atoms with Gasteiger partial charge in [-0.3, -0.25) is 9.78 Å². The molecule has 0 bridgehead atoms. The van der Waals surface area contributed by atoms with Gasteiger partial charge in [0.2, 0.25) is 10.0 Å². The van der Waals surface area contributed by atoms with Gasteiger partial charge in [-0.25, -0.2) is 13.6 Å². The summed E-state index contributed by atoms with van der Waals surface area (Å²) in [6.07, 6.45) is 5.13. The zero-order valence-electron chi connectivity index (χ0n) is 12.9. The number of hydrogen-bond acceptors (Lipinski definition) is 4. The van der Waals surface area contributed by atoms with Crippen LogP contribution in [0.15, 0.2) is 59.8 Å². The number of anilines is 1. The minimum atomic E-state index is -3.85. The lowest BCUT2D eigenvalue weighted by atomic mass is 10.0. The van der Waals surface area contributed by atoms with E-state index in [1.165, 1.54) is 18.2 Å². The fourth-order valence-corrected chi connectivity index (χ4v) is 3.44. The van der Waals surface area contributed by atoms with Crippen LogP contribution in [0.4, 0.5) is 5.69 Å². The van der Waals surface area contributed by atoms with Crippen molar-refractivity contribution in [3.05, 3.63) is 66.0 Å². The molecule has 0 unspecified atom stereocenters. The van der Waals surface area contributed by atoms with Crippen LogP contribution in [-0.4, -0.2) is 19.3 Å². The Labute approximate surface area is 144 Å². The van der Waals surface area contributed by atoms with E-state index in [0.29, 0.717) is 16.8 Å². The number of amides is 1. The van der Waals surface area contributed by atoms with Crippen molar-refractivity contribution in [1.29, 1.82) is 0 Å². The number of nitrogens with zero attached hydrogens (tertiary/aromatic N) is 1. The van der Waals surface area contributed by atoms with Crippen LogP contribution in [0.3, 0.4) is 0 Å². The number of hydrogen-bond donors (Lipinski definition) is 2. The number of carbonyl (C=O) groups excluding carboxylic acids is 1. The lowest BCUT2D eigenvalue weighted by Gasteiger charge is -2.04. The standard InChI is InChI=1S/C18H13N3O3S/c19-25(23,24)13-5-6-17-15(8-13)16(18(22)21-17)7-12-10-20-9-11-3-1-2-4-14(11)12/h1-10H,(H,21,22)(H2,19,23,24)/b16-7-. The molecule has 0 saturated carbocycles. The van der Waals surface area contributed by atoms with Crippen molar-refractivity contribution in [3.8, 4) is 0 Å². The molecule has 0 fully saturated rings. The number of fused-ring (bicyclic) bond motifs is 2. The predicted octanol–water partition coefficient (Wildman–Crippen LogP) is 2.37. The first-order valence-corrected chi connectivity index (χ1v) is 9.01. The first-order valence-electron chi connectivity index (χ1n) is 7.46. The molecule has 0 saturated heterocycles. The Morgan fingerprint density at radius 3 is 2.68 bits per heavy atom. The highest BCUT2D eigenvalue weighted by molar-refractivity contribution is 7.89. The number of primary sulfonamides is 1. The molecule has 6 nitrogen and oxygen atoms in total. The lowest BCUT2D eigenvalue weighted by molar-refractivity contribution is -0.110. The smallest absolute Gasteiger partial charge is 0.256 e. The number of benzene rings is 2. The van der Waals surface area contributed by atoms with Gasteiger partial charge >= 0.3 is 0 Å². The molecule has 4 rings (SSSR count). The molecule has 2 aromatic carbocycles. The van der Waals surface area contributed by atoms with E-state index in [2.05, 4.69) is 10.3 Å². The largest absolute Gasteiger partial charge is 0.321 e. The van der Waals surface area contributed by atoms with Gasteiger partial charge in [-0.2, -0.15) is 0 Å². The molecule has 0 radical (unpaired) electrons. The van der Waals surface area contributed by atoms with E-state index < -0.39 is 10.0 Å². The van der Waals surface area contributed by atoms with Crippen molar-refractivity contribution < 1.29 is 13.2 Å². The van der Waals surface area contributed by atoms with Crippen LogP contribution in [0.5, 0.6) is 0 Å². The van der Waals surface area contributed by atoms with Crippen molar-refractivity contribution in [2.45, 2.75) is 4.90 Å². The van der Waals surface area contributed by atoms with Crippen molar-refractivity contribution >= 4 is 44.0 Å². The first kappa shape index (κ1) is 15.5. The van der Waals surface area contributed by atoms with Crippen LogP contribution in [0.25, 0.3) is 22.4 Å². The molecule has 0 aliphatic carbocycles. The monoisotopic (exact) mass is 351 g/mol. The van der Waals surface area contributed by atoms with Crippen LogP contribution in [0.1, 0.15) is 11.1 Å². The van der Waals surface area contributed by atoms with Gasteiger partial charge in [-0.15, -0.1) is 0 Å². The van der Waals surface area contributed by atoms with Crippen LogP contribution in [0.2, 0.25) is 0 Å². The van der Waals surface area contributed by atoms with Gasteiger partial charge in [0.1, 0.15) is 0 Å². The Morgan fingerprint density at radius 2 is 1.88 bits per heavy atom. The molecular weight excluding hydrogens is 338 g/mol. The molecule has 3 N–H and O–H groups in total. The minimum Gasteiger partial charge on any atom is -0.321 e. The highest BCUT2D eigenvalue weighted by atomic mass is 32.2. The summed E-state index contributed by atoms with van der Waals surface area (Å²) in [5.74, 6) is -0.297. The summed E-state index contributed by atoms with van der Waals surface area (Å²) >= 11 is 0. The second-order valence-electron chi connectivity index (χ2n) is 5.71. The normalized spacial score (nSPS) is 15.4. The van der Waals surface area contributed by atoms with Crippen molar-refractivity contribution in [2.24, 2.45) is 5.14 Å². The second kappa shape index (κ2) is 5.51. The lowest BCUT2D eigenvalue weighted by Crippen LogP contribution is -2.12. The molecule has 1 aromatic heterocycles. The fourth-order valence-electron chi connectivity index (χ4n) is 2.90. The molecule has 1 aliphatic rings. The third-order valence-electron chi connectivity index (χ3n) is 4.10. The number of carbonyl (C=O) groups is 1. The minimum absolute atomic E-state index is 0.0373. The molecule has 124 valence electrons. The average Bonchev–Trinajstić information content (AvgIpc) is 2.89. The van der Waals surface area contributed by atoms with Gasteiger partial charge in [0.15, 0.2) is 0 Å². The molecule has 0 spiro atoms. The Morgan fingerprint density at radius 1 is 1.08 bits per heavy atom. The molecule has 25 heavy (non-hydrogen) atoms. The number of aromatic nitrogens is 1. The van der Waals surface area contributed by atoms with E-state index in [1.807, 2.05) is 24.3 Å². The predicted molar refractivity (Wildman–Crippen MR) is 96.1 cm³/mol. The first-order chi connectivity index (χ1) is 11.9. The Bertz CT molecular complexity index is 1160. The maximum atomic E-state index is 12.4. The Kier molecular flexibility index (Phi) is 3.41. The van der Waals surface area contributed by atoms with Crippen LogP contribution >= 0.6 is 0 Å². The number of pyridine rings is 1. The molecule has 0 atom stereocenters. The molecular formula is C18H13N3O3S. The summed E-state index contributed by atoms with van der Waals surface area (Å²) in [5, 5.41) is 9.83. The number of nitrogens with two attached hydrogens (primary N) is 1. The number of nitrogens with one attached hydrogen (secondary N) is 1. The van der Waals surface area contributed by atoms with E-state index in [1.54, 1.807) is 18.5 Å². The maximum absolute atomic E-state index is 12.4. The highest BCUT2D eigenvalue weighted by Crippen LogP contribution is 2.35. The van der Waals surface area contributed by atoms with Crippen molar-refractivity contribution in [1.82, 2.24) is 4.98 Å². The highest BCUT2D eigenvalue weighted by Gasteiger charge is 2.26. The number of sulfonamides is 1. The second-order valence-corrected chi connectivity index (χ2v) is 7.28. The van der Waals surface area contributed by atoms with E-state index >= 15 is 0 Å². The maximum Gasteiger partial charge on any atom is 0.256 e. The van der Waals surface area contributed by atoms with E-state index in [9.17, 15) is 13.2 Å². The summed E-state index contributed by atoms with van der Waals surface area (Å²) in [5.41, 5.74) is 2.21. The zero-order chi connectivity index (χ0) is 17.6. The van der Waals surface area contributed by atoms with Gasteiger partial charge in [-0.1, -0.05) is 24.3 Å². The topological polar surface area (TPSA) is 102 Å². The van der Waals surface area contributed by atoms with E-state index in [-0.39, 0.29) is 10.8 Å². The van der Waals surface area contributed by atoms with Crippen LogP contribution in [0, 0.1) is 0 Å². The zero-order valence-corrected chi connectivity index (χ0v) is 13.7. The van der Waals surface area contributed by atoms with E-state index in [4.69, 9.17) is 5.14 Å². The van der Waals surface area contributed by atoms with Gasteiger partial charge in [-0.05, 0) is 29.7 Å². The van der Waals surface area contributed by atoms with Gasteiger partial charge in [0.25, 0.3) is 5.91 Å². The molecule has 2 heterocycles. The van der Waals surface area contributed by atoms with Crippen molar-refractivity contribution in [2.75, 3.05) is 5.32 Å². The van der Waals surface area contributed by atoms with Gasteiger partial charge in [0, 0.05) is 40.2 Å². The van der Waals surface area contributed by atoms with E-state index in [0.717, 1.165) is 16.3 Å². The Hall–Kier alpha value is -3.03. The van der Waals surface area contributed by atoms with Gasteiger partial charge < -0.3 is 5.32 Å². The fraction of sp³-hybridized carbons (Fsp3) is 0. The summed E-state index contributed by atoms with van der Waals surface area (Å²) in [6, 6.07) is 12.0. The molecule has 1 amide bonds. The molecule has 3 aromatic rings. The summed E-state index contributed by atoms with van der Waals surface area (Å²) in [4.78, 5) is 16.5. The van der Waals surface area contributed by atoms with Crippen molar-refractivity contribution in [3.63, 3.8) is 0 Å². The third-order valence-corrected chi connectivity index (χ3v) is 5.01. The summed E-state index contributed by atoms with van der Waals surface area (Å²) in [6.45, 7) is 0. The van der Waals surface area contributed by atoms with Crippen LogP contribution < -0.4 is 10.5 Å². The molecule has 7 heteroatoms. The Balaban J connectivity index is 1.92. The number of rotatable bonds is 2. The molecule has 1 aliphatic heterocycles. The quantitative estimate of drug-likeness (QED) is 0.692.